The van der Waals surface area contributed by atoms with Gasteiger partial charge in [-0.1, -0.05) is 19.0 Å². The zero-order valence-electron chi connectivity index (χ0n) is 9.86. The number of hydrogen-bond donors (Lipinski definition) is 1. The lowest BCUT2D eigenvalue weighted by atomic mass is 10.1. The lowest BCUT2D eigenvalue weighted by molar-refractivity contribution is 0.259. The second-order valence-electron chi connectivity index (χ2n) is 4.41. The van der Waals surface area contributed by atoms with Crippen LogP contribution in [-0.2, 0) is 13.1 Å². The Morgan fingerprint density at radius 2 is 2.27 bits per heavy atom. The Morgan fingerprint density at radius 1 is 1.53 bits per heavy atom. The van der Waals surface area contributed by atoms with Gasteiger partial charge in [0.25, 0.3) is 0 Å². The third-order valence-electron chi connectivity index (χ3n) is 2.33. The van der Waals surface area contributed by atoms with Crippen LogP contribution in [0.5, 0.6) is 0 Å². The van der Waals surface area contributed by atoms with Crippen LogP contribution >= 0.6 is 0 Å². The summed E-state index contributed by atoms with van der Waals surface area (Å²) < 4.78 is 5.16. The van der Waals surface area contributed by atoms with Crippen LogP contribution in [0.3, 0.4) is 0 Å². The molecule has 15 heavy (non-hydrogen) atoms. The monoisotopic (exact) mass is 211 g/mol. The van der Waals surface area contributed by atoms with Gasteiger partial charge >= 0.3 is 0 Å². The van der Waals surface area contributed by atoms with E-state index in [2.05, 4.69) is 31.0 Å². The predicted octanol–water partition coefficient (Wildman–Crippen LogP) is 1.61. The van der Waals surface area contributed by atoms with Crippen molar-refractivity contribution in [2.24, 2.45) is 11.7 Å². The molecule has 4 nitrogen and oxygen atoms in total. The minimum Gasteiger partial charge on any atom is -0.360 e. The van der Waals surface area contributed by atoms with Crippen LogP contribution in [0.1, 0.15) is 31.7 Å². The lowest BCUT2D eigenvalue weighted by Crippen LogP contribution is -2.20. The third-order valence-corrected chi connectivity index (χ3v) is 2.33. The van der Waals surface area contributed by atoms with Crippen LogP contribution in [0.15, 0.2) is 10.6 Å². The standard InChI is InChI=1S/C11H21N3O/c1-9(2)4-5-14(3)8-11-6-10(7-12)13-15-11/h6,9H,4-5,7-8,12H2,1-3H3. The van der Waals surface area contributed by atoms with Gasteiger partial charge in [0, 0.05) is 12.6 Å². The number of rotatable bonds is 6. The van der Waals surface area contributed by atoms with E-state index < -0.39 is 0 Å². The van der Waals surface area contributed by atoms with E-state index in [1.54, 1.807) is 0 Å². The van der Waals surface area contributed by atoms with Crippen LogP contribution < -0.4 is 5.73 Å². The Bertz CT molecular complexity index is 283. The summed E-state index contributed by atoms with van der Waals surface area (Å²) >= 11 is 0. The molecule has 1 aromatic heterocycles. The van der Waals surface area contributed by atoms with E-state index in [0.29, 0.717) is 6.54 Å². The number of hydrogen-bond acceptors (Lipinski definition) is 4. The van der Waals surface area contributed by atoms with Gasteiger partial charge < -0.3 is 10.3 Å². The molecular formula is C11H21N3O. The van der Waals surface area contributed by atoms with Crippen LogP contribution in [0.4, 0.5) is 0 Å². The fourth-order valence-electron chi connectivity index (χ4n) is 1.35. The Balaban J connectivity index is 2.33. The summed E-state index contributed by atoms with van der Waals surface area (Å²) in [5.41, 5.74) is 6.28. The molecule has 0 fully saturated rings. The second kappa shape index (κ2) is 5.88. The van der Waals surface area contributed by atoms with Crippen molar-refractivity contribution in [2.75, 3.05) is 13.6 Å². The average Bonchev–Trinajstić information content (AvgIpc) is 2.62. The summed E-state index contributed by atoms with van der Waals surface area (Å²) in [4.78, 5) is 2.24. The van der Waals surface area contributed by atoms with Gasteiger partial charge in [-0.3, -0.25) is 4.90 Å². The number of nitrogens with two attached hydrogens (primary N) is 1. The fraction of sp³-hybridized carbons (Fsp3) is 0.727. The van der Waals surface area contributed by atoms with Crippen molar-refractivity contribution in [1.29, 1.82) is 0 Å². The lowest BCUT2D eigenvalue weighted by Gasteiger charge is -2.15. The first kappa shape index (κ1) is 12.2. The molecule has 0 aromatic carbocycles. The third kappa shape index (κ3) is 4.44. The van der Waals surface area contributed by atoms with Gasteiger partial charge in [-0.25, -0.2) is 0 Å². The van der Waals surface area contributed by atoms with E-state index in [0.717, 1.165) is 30.5 Å². The highest BCUT2D eigenvalue weighted by atomic mass is 16.5. The molecule has 0 aliphatic rings. The van der Waals surface area contributed by atoms with Gasteiger partial charge in [-0.05, 0) is 25.9 Å². The second-order valence-corrected chi connectivity index (χ2v) is 4.41. The molecule has 0 bridgehead atoms. The fourth-order valence-corrected chi connectivity index (χ4v) is 1.35. The maximum absolute atomic E-state index is 5.46. The van der Waals surface area contributed by atoms with Crippen molar-refractivity contribution in [3.05, 3.63) is 17.5 Å². The van der Waals surface area contributed by atoms with Crippen molar-refractivity contribution < 1.29 is 4.52 Å². The van der Waals surface area contributed by atoms with E-state index in [1.807, 2.05) is 6.07 Å². The zero-order valence-corrected chi connectivity index (χ0v) is 9.86. The normalized spacial score (nSPS) is 11.6. The van der Waals surface area contributed by atoms with Crippen LogP contribution in [0, 0.1) is 5.92 Å². The van der Waals surface area contributed by atoms with Gasteiger partial charge in [-0.2, -0.15) is 0 Å². The van der Waals surface area contributed by atoms with Crippen molar-refractivity contribution in [2.45, 2.75) is 33.4 Å². The number of aromatic nitrogens is 1. The highest BCUT2D eigenvalue weighted by molar-refractivity contribution is 5.04. The highest BCUT2D eigenvalue weighted by Gasteiger charge is 2.06. The quantitative estimate of drug-likeness (QED) is 0.776. The Labute approximate surface area is 91.4 Å². The molecule has 0 unspecified atom stereocenters. The molecule has 0 radical (unpaired) electrons. The molecule has 0 aliphatic heterocycles. The SMILES string of the molecule is CC(C)CCN(C)Cc1cc(CN)no1. The maximum atomic E-state index is 5.46. The van der Waals surface area contributed by atoms with Gasteiger partial charge in [0.05, 0.1) is 12.2 Å². The van der Waals surface area contributed by atoms with Gasteiger partial charge in [0.2, 0.25) is 0 Å². The molecule has 0 aliphatic carbocycles. The summed E-state index contributed by atoms with van der Waals surface area (Å²) in [6.45, 7) is 6.79. The Hall–Kier alpha value is -0.870. The first-order chi connectivity index (χ1) is 7.11. The molecule has 1 heterocycles. The molecule has 1 aromatic rings. The van der Waals surface area contributed by atoms with Crippen LogP contribution in [0.25, 0.3) is 0 Å². The molecule has 1 rings (SSSR count). The van der Waals surface area contributed by atoms with Crippen LogP contribution in [-0.4, -0.2) is 23.6 Å². The Kier molecular flexibility index (Phi) is 4.78. The Morgan fingerprint density at radius 3 is 2.80 bits per heavy atom. The smallest absolute Gasteiger partial charge is 0.151 e. The molecule has 0 atom stereocenters. The largest absolute Gasteiger partial charge is 0.360 e. The van der Waals surface area contributed by atoms with Crippen molar-refractivity contribution in [3.63, 3.8) is 0 Å². The van der Waals surface area contributed by atoms with Gasteiger partial charge in [0.15, 0.2) is 5.76 Å². The van der Waals surface area contributed by atoms with E-state index in [9.17, 15) is 0 Å². The van der Waals surface area contributed by atoms with E-state index in [1.165, 1.54) is 6.42 Å². The molecule has 2 N–H and O–H groups in total. The van der Waals surface area contributed by atoms with Crippen molar-refractivity contribution >= 4 is 0 Å². The summed E-state index contributed by atoms with van der Waals surface area (Å²) in [6.07, 6.45) is 1.20. The van der Waals surface area contributed by atoms with Crippen molar-refractivity contribution in [1.82, 2.24) is 10.1 Å². The summed E-state index contributed by atoms with van der Waals surface area (Å²) in [7, 11) is 2.09. The van der Waals surface area contributed by atoms with Gasteiger partial charge in [-0.15, -0.1) is 0 Å². The minimum atomic E-state index is 0.444. The molecule has 86 valence electrons. The molecule has 0 saturated heterocycles. The maximum Gasteiger partial charge on any atom is 0.151 e. The highest BCUT2D eigenvalue weighted by Crippen LogP contribution is 2.07. The van der Waals surface area contributed by atoms with E-state index >= 15 is 0 Å². The molecule has 0 amide bonds. The summed E-state index contributed by atoms with van der Waals surface area (Å²) in [5.74, 6) is 1.63. The predicted molar refractivity (Wildman–Crippen MR) is 60.2 cm³/mol. The van der Waals surface area contributed by atoms with Crippen molar-refractivity contribution in [3.8, 4) is 0 Å². The topological polar surface area (TPSA) is 55.3 Å². The minimum absolute atomic E-state index is 0.444. The first-order valence-corrected chi connectivity index (χ1v) is 5.45. The van der Waals surface area contributed by atoms with E-state index in [4.69, 9.17) is 10.3 Å². The molecule has 4 heteroatoms. The zero-order chi connectivity index (χ0) is 11.3. The van der Waals surface area contributed by atoms with E-state index in [-0.39, 0.29) is 0 Å². The van der Waals surface area contributed by atoms with Crippen LogP contribution in [0.2, 0.25) is 0 Å². The molecule has 0 saturated carbocycles. The first-order valence-electron chi connectivity index (χ1n) is 5.45. The molecular weight excluding hydrogens is 190 g/mol. The summed E-state index contributed by atoms with van der Waals surface area (Å²) in [6, 6.07) is 1.92. The molecule has 0 spiro atoms. The average molecular weight is 211 g/mol. The number of nitrogens with zero attached hydrogens (tertiary/aromatic N) is 2. The van der Waals surface area contributed by atoms with Gasteiger partial charge in [0.1, 0.15) is 0 Å². The summed E-state index contributed by atoms with van der Waals surface area (Å²) in [5, 5.41) is 3.86.